The third-order valence-corrected chi connectivity index (χ3v) is 5.94. The molecule has 0 aliphatic carbocycles. The summed E-state index contributed by atoms with van der Waals surface area (Å²) in [6.45, 7) is 0. The van der Waals surface area contributed by atoms with Gasteiger partial charge in [-0.25, -0.2) is 0 Å². The Hall–Kier alpha value is -3.90. The van der Waals surface area contributed by atoms with Crippen LogP contribution in [0.5, 0.6) is 0 Å². The second kappa shape index (κ2) is 12.0. The van der Waals surface area contributed by atoms with Gasteiger partial charge < -0.3 is 47.0 Å². The van der Waals surface area contributed by atoms with Crippen LogP contribution in [-0.2, 0) is 17.1 Å². The topological polar surface area (TPSA) is 0 Å². The Kier molecular flexibility index (Phi) is 8.30. The van der Waals surface area contributed by atoms with Crippen LogP contribution in [-0.4, -0.2) is 0 Å². The van der Waals surface area contributed by atoms with E-state index in [1.807, 2.05) is 24.3 Å². The van der Waals surface area contributed by atoms with E-state index in [0.717, 1.165) is 0 Å². The van der Waals surface area contributed by atoms with Crippen LogP contribution < -0.4 is 0 Å². The first-order valence-corrected chi connectivity index (χ1v) is 11.6. The van der Waals surface area contributed by atoms with Crippen LogP contribution >= 0.6 is 0 Å². The van der Waals surface area contributed by atoms with Gasteiger partial charge in [-0.1, -0.05) is 90.0 Å². The largest absolute Gasteiger partial charge is 0.641 e. The molecule has 0 saturated carbocycles. The minimum absolute atomic E-state index is 0. The van der Waals surface area contributed by atoms with E-state index in [2.05, 4.69) is 133 Å². The third-order valence-electron chi connectivity index (χ3n) is 5.94. The van der Waals surface area contributed by atoms with E-state index in [0.29, 0.717) is 0 Å². The van der Waals surface area contributed by atoms with Crippen LogP contribution in [0.2, 0.25) is 0 Å². The first kappa shape index (κ1) is 24.2. The maximum absolute atomic E-state index is 2.24. The van der Waals surface area contributed by atoms with E-state index in [-0.39, 0.29) is 17.1 Å². The number of benzene rings is 4. The van der Waals surface area contributed by atoms with Gasteiger partial charge in [0.1, 0.15) is 0 Å². The fraction of sp³-hybridized carbons (Fsp3) is 0. The summed E-state index contributed by atoms with van der Waals surface area (Å²) in [5, 5.41) is 0. The van der Waals surface area contributed by atoms with Crippen LogP contribution in [0.25, 0.3) is 44.5 Å². The quantitative estimate of drug-likeness (QED) is 0.171. The van der Waals surface area contributed by atoms with Crippen molar-refractivity contribution in [3.05, 3.63) is 158 Å². The molecule has 0 aliphatic heterocycles. The summed E-state index contributed by atoms with van der Waals surface area (Å²) in [6, 6.07) is 55.1. The molecule has 6 rings (SSSR count). The van der Waals surface area contributed by atoms with Gasteiger partial charge in [0.2, 0.25) is 0 Å². The van der Waals surface area contributed by atoms with E-state index in [1.165, 1.54) is 44.5 Å². The van der Waals surface area contributed by atoms with Crippen molar-refractivity contribution in [1.29, 1.82) is 0 Å². The van der Waals surface area contributed by atoms with Crippen LogP contribution in [0.4, 0.5) is 0 Å². The smallest absolute Gasteiger partial charge is 0 e. The molecule has 0 amide bonds. The molecule has 0 aliphatic rings. The molecule has 6 aromatic rings. The van der Waals surface area contributed by atoms with Crippen molar-refractivity contribution >= 4 is 0 Å². The molecular formula is C34H26Fe-6. The predicted molar refractivity (Wildman–Crippen MR) is 146 cm³/mol. The molecule has 6 aromatic carbocycles. The van der Waals surface area contributed by atoms with Crippen molar-refractivity contribution in [2.24, 2.45) is 0 Å². The third kappa shape index (κ3) is 6.16. The molecule has 0 bridgehead atoms. The Labute approximate surface area is 218 Å². The van der Waals surface area contributed by atoms with Crippen molar-refractivity contribution in [2.75, 3.05) is 0 Å². The van der Waals surface area contributed by atoms with Gasteiger partial charge in [-0.3, -0.25) is 0 Å². The zero-order valence-corrected chi connectivity index (χ0v) is 20.5. The minimum atomic E-state index is 0. The van der Waals surface area contributed by atoms with Gasteiger partial charge in [0.25, 0.3) is 0 Å². The minimum Gasteiger partial charge on any atom is -0.641 e. The monoisotopic (exact) mass is 490 g/mol. The Morgan fingerprint density at radius 3 is 1.34 bits per heavy atom. The van der Waals surface area contributed by atoms with E-state index >= 15 is 0 Å². The molecule has 176 valence electrons. The van der Waals surface area contributed by atoms with E-state index < -0.39 is 0 Å². The van der Waals surface area contributed by atoms with Gasteiger partial charge in [-0.15, -0.1) is 47.5 Å². The maximum atomic E-state index is 2.24. The van der Waals surface area contributed by atoms with Crippen LogP contribution in [0.15, 0.2) is 158 Å². The van der Waals surface area contributed by atoms with Crippen molar-refractivity contribution in [1.82, 2.24) is 0 Å². The van der Waals surface area contributed by atoms with Crippen LogP contribution in [0.1, 0.15) is 0 Å². The summed E-state index contributed by atoms with van der Waals surface area (Å²) in [5.74, 6) is 0. The molecular weight excluding hydrogens is 464 g/mol. The zero-order valence-electron chi connectivity index (χ0n) is 19.4. The van der Waals surface area contributed by atoms with Crippen molar-refractivity contribution in [3.63, 3.8) is 0 Å². The number of rotatable bonds is 4. The summed E-state index contributed by atoms with van der Waals surface area (Å²) in [5.41, 5.74) is 10.2. The van der Waals surface area contributed by atoms with Crippen LogP contribution in [0.3, 0.4) is 0 Å². The molecule has 0 saturated heterocycles. The normalized spacial score (nSPS) is 10.1. The Morgan fingerprint density at radius 1 is 0.429 bits per heavy atom. The SMILES string of the molecule is [Fe].c1ccc(-[c-]2[cH-][cH-][c-](-c3ccccc3)[cH-]2)cc1.c1ccc(-c2cc[c-](-c3ccccc3)c2)cc1. The standard InChI is InChI=1S/2C17H13.Fe/c2*1-3-7-14(8-4-1)16-11-12-17(13-16)15-9-5-2-6-10-15;/h2*1-13H;/q-5;-1;. The fourth-order valence-corrected chi connectivity index (χ4v) is 4.13. The average molecular weight is 490 g/mol. The second-order valence-electron chi connectivity index (χ2n) is 8.24. The molecule has 0 unspecified atom stereocenters. The van der Waals surface area contributed by atoms with Gasteiger partial charge in [0, 0.05) is 17.1 Å². The first-order chi connectivity index (χ1) is 16.9. The summed E-state index contributed by atoms with van der Waals surface area (Å²) in [4.78, 5) is 0. The molecule has 35 heavy (non-hydrogen) atoms. The summed E-state index contributed by atoms with van der Waals surface area (Å²) in [7, 11) is 0. The molecule has 0 N–H and O–H groups in total. The van der Waals surface area contributed by atoms with Crippen molar-refractivity contribution in [3.8, 4) is 44.5 Å². The predicted octanol–water partition coefficient (Wildman–Crippen LogP) is 9.48. The molecule has 0 atom stereocenters. The van der Waals surface area contributed by atoms with Crippen molar-refractivity contribution in [2.45, 2.75) is 0 Å². The molecule has 0 aromatic heterocycles. The maximum Gasteiger partial charge on any atom is 0 e. The Balaban J connectivity index is 0.000000160. The number of hydrogen-bond acceptors (Lipinski definition) is 0. The van der Waals surface area contributed by atoms with Gasteiger partial charge in [0.15, 0.2) is 0 Å². The Morgan fingerprint density at radius 2 is 0.857 bits per heavy atom. The summed E-state index contributed by atoms with van der Waals surface area (Å²) >= 11 is 0. The molecule has 0 spiro atoms. The summed E-state index contributed by atoms with van der Waals surface area (Å²) < 4.78 is 0. The van der Waals surface area contributed by atoms with Gasteiger partial charge in [-0.05, 0) is 0 Å². The fourth-order valence-electron chi connectivity index (χ4n) is 4.13. The van der Waals surface area contributed by atoms with Gasteiger partial charge >= 0.3 is 0 Å². The summed E-state index contributed by atoms with van der Waals surface area (Å²) in [6.07, 6.45) is 0. The second-order valence-corrected chi connectivity index (χ2v) is 8.24. The molecule has 0 nitrogen and oxygen atoms in total. The van der Waals surface area contributed by atoms with Gasteiger partial charge in [0.05, 0.1) is 0 Å². The van der Waals surface area contributed by atoms with E-state index in [9.17, 15) is 0 Å². The van der Waals surface area contributed by atoms with Crippen molar-refractivity contribution < 1.29 is 17.1 Å². The molecule has 0 fully saturated rings. The van der Waals surface area contributed by atoms with E-state index in [4.69, 9.17) is 0 Å². The number of hydrogen-bond donors (Lipinski definition) is 0. The Bertz CT molecular complexity index is 1190. The first-order valence-electron chi connectivity index (χ1n) is 11.6. The van der Waals surface area contributed by atoms with Crippen LogP contribution in [0, 0.1) is 0 Å². The van der Waals surface area contributed by atoms with E-state index in [1.54, 1.807) is 0 Å². The average Bonchev–Trinajstić information content (AvgIpc) is 3.62. The molecule has 0 radical (unpaired) electrons. The zero-order chi connectivity index (χ0) is 23.0. The molecule has 0 heterocycles. The van der Waals surface area contributed by atoms with Gasteiger partial charge in [-0.2, -0.15) is 17.7 Å². The molecule has 1 heteroatoms.